The van der Waals surface area contributed by atoms with Crippen molar-refractivity contribution in [1.29, 1.82) is 0 Å². The number of amides is 2. The molecule has 1 aliphatic rings. The van der Waals surface area contributed by atoms with Gasteiger partial charge in [-0.2, -0.15) is 0 Å². The zero-order valence-corrected chi connectivity index (χ0v) is 14.8. The van der Waals surface area contributed by atoms with Crippen LogP contribution in [0.1, 0.15) is 54.4 Å². The van der Waals surface area contributed by atoms with E-state index in [-0.39, 0.29) is 17.5 Å². The van der Waals surface area contributed by atoms with Crippen molar-refractivity contribution in [3.05, 3.63) is 0 Å². The first-order valence-electron chi connectivity index (χ1n) is 8.07. The molecule has 1 atom stereocenters. The van der Waals surface area contributed by atoms with Crippen LogP contribution in [0.4, 0.5) is 4.79 Å². The van der Waals surface area contributed by atoms with Crippen molar-refractivity contribution in [2.75, 3.05) is 19.6 Å². The molecule has 0 aromatic rings. The molecule has 128 valence electrons. The maximum Gasteiger partial charge on any atom is 0.407 e. The van der Waals surface area contributed by atoms with E-state index in [0.29, 0.717) is 13.0 Å². The lowest BCUT2D eigenvalue weighted by Gasteiger charge is -2.40. The standard InChI is InChI=1S/C16H31N3O3/c1-7-19-11-8-12(19)13(20)18-16(5,6)9-10-17-14(21)22-15(2,3)4/h12H,7-11H2,1-6H3,(H,17,21)(H,18,20). The smallest absolute Gasteiger partial charge is 0.407 e. The lowest BCUT2D eigenvalue weighted by Crippen LogP contribution is -2.59. The molecule has 6 heteroatoms. The molecule has 0 saturated carbocycles. The third-order valence-electron chi connectivity index (χ3n) is 3.72. The van der Waals surface area contributed by atoms with Gasteiger partial charge in [-0.05, 0) is 54.0 Å². The van der Waals surface area contributed by atoms with Crippen LogP contribution in [-0.4, -0.2) is 53.7 Å². The fourth-order valence-corrected chi connectivity index (χ4v) is 2.39. The Morgan fingerprint density at radius 3 is 2.32 bits per heavy atom. The topological polar surface area (TPSA) is 70.7 Å². The molecule has 0 bridgehead atoms. The van der Waals surface area contributed by atoms with Crippen LogP contribution >= 0.6 is 0 Å². The Bertz CT molecular complexity index is 400. The summed E-state index contributed by atoms with van der Waals surface area (Å²) in [5.41, 5.74) is -0.858. The lowest BCUT2D eigenvalue weighted by atomic mass is 9.97. The maximum atomic E-state index is 12.2. The van der Waals surface area contributed by atoms with E-state index in [2.05, 4.69) is 22.5 Å². The molecule has 0 radical (unpaired) electrons. The van der Waals surface area contributed by atoms with Crippen LogP contribution in [0.2, 0.25) is 0 Å². The zero-order chi connectivity index (χ0) is 17.0. The fraction of sp³-hybridized carbons (Fsp3) is 0.875. The highest BCUT2D eigenvalue weighted by atomic mass is 16.6. The van der Waals surface area contributed by atoms with Crippen LogP contribution < -0.4 is 10.6 Å². The predicted octanol–water partition coefficient (Wildman–Crippen LogP) is 1.89. The number of carbonyl (C=O) groups is 2. The molecule has 6 nitrogen and oxygen atoms in total. The summed E-state index contributed by atoms with van der Waals surface area (Å²) in [5.74, 6) is 0.0790. The normalized spacial score (nSPS) is 19.3. The minimum absolute atomic E-state index is 0.00286. The average molecular weight is 313 g/mol. The molecule has 0 aromatic heterocycles. The predicted molar refractivity (Wildman–Crippen MR) is 86.7 cm³/mol. The first-order valence-corrected chi connectivity index (χ1v) is 8.07. The van der Waals surface area contributed by atoms with Crippen LogP contribution in [0.3, 0.4) is 0 Å². The van der Waals surface area contributed by atoms with E-state index >= 15 is 0 Å². The third kappa shape index (κ3) is 6.22. The summed E-state index contributed by atoms with van der Waals surface area (Å²) >= 11 is 0. The Kier molecular flexibility index (Phi) is 6.23. The number of alkyl carbamates (subject to hydrolysis) is 1. The Hall–Kier alpha value is -1.30. The first-order chi connectivity index (χ1) is 10.0. The fourth-order valence-electron chi connectivity index (χ4n) is 2.39. The van der Waals surface area contributed by atoms with Gasteiger partial charge in [0, 0.05) is 18.6 Å². The van der Waals surface area contributed by atoms with Gasteiger partial charge in [-0.1, -0.05) is 6.92 Å². The molecule has 2 N–H and O–H groups in total. The van der Waals surface area contributed by atoms with Gasteiger partial charge in [0.2, 0.25) is 5.91 Å². The molecular weight excluding hydrogens is 282 g/mol. The molecule has 22 heavy (non-hydrogen) atoms. The second-order valence-corrected chi connectivity index (χ2v) is 7.48. The lowest BCUT2D eigenvalue weighted by molar-refractivity contribution is -0.132. The van der Waals surface area contributed by atoms with Crippen molar-refractivity contribution in [1.82, 2.24) is 15.5 Å². The summed E-state index contributed by atoms with van der Waals surface area (Å²) < 4.78 is 5.18. The van der Waals surface area contributed by atoms with E-state index in [1.807, 2.05) is 34.6 Å². The van der Waals surface area contributed by atoms with Crippen molar-refractivity contribution in [3.8, 4) is 0 Å². The molecule has 1 rings (SSSR count). The molecule has 0 aromatic carbocycles. The van der Waals surface area contributed by atoms with E-state index in [0.717, 1.165) is 19.5 Å². The van der Waals surface area contributed by atoms with Gasteiger partial charge >= 0.3 is 6.09 Å². The van der Waals surface area contributed by atoms with Crippen molar-refractivity contribution in [3.63, 3.8) is 0 Å². The number of hydrogen-bond donors (Lipinski definition) is 2. The van der Waals surface area contributed by atoms with Crippen LogP contribution in [0.15, 0.2) is 0 Å². The number of nitrogens with zero attached hydrogens (tertiary/aromatic N) is 1. The van der Waals surface area contributed by atoms with E-state index in [9.17, 15) is 9.59 Å². The van der Waals surface area contributed by atoms with Gasteiger partial charge in [0.15, 0.2) is 0 Å². The van der Waals surface area contributed by atoms with Crippen LogP contribution in [0.5, 0.6) is 0 Å². The number of ether oxygens (including phenoxy) is 1. The SMILES string of the molecule is CCN1CCC1C(=O)NC(C)(C)CCNC(=O)OC(C)(C)C. The van der Waals surface area contributed by atoms with Crippen LogP contribution in [0, 0.1) is 0 Å². The number of carbonyl (C=O) groups excluding carboxylic acids is 2. The summed E-state index contributed by atoms with van der Waals surface area (Å²) in [5, 5.41) is 5.79. The van der Waals surface area contributed by atoms with Crippen molar-refractivity contribution >= 4 is 12.0 Å². The summed E-state index contributed by atoms with van der Waals surface area (Å²) in [6, 6.07) is 0.00286. The highest BCUT2D eigenvalue weighted by Crippen LogP contribution is 2.18. The highest BCUT2D eigenvalue weighted by molar-refractivity contribution is 5.83. The summed E-state index contributed by atoms with van der Waals surface area (Å²) in [6.45, 7) is 13.8. The van der Waals surface area contributed by atoms with Gasteiger partial charge < -0.3 is 15.4 Å². The quantitative estimate of drug-likeness (QED) is 0.785. The van der Waals surface area contributed by atoms with E-state index < -0.39 is 11.7 Å². The number of likely N-dealkylation sites (tertiary alicyclic amines) is 1. The van der Waals surface area contributed by atoms with Gasteiger partial charge in [0.25, 0.3) is 0 Å². The van der Waals surface area contributed by atoms with Gasteiger partial charge in [-0.15, -0.1) is 0 Å². The van der Waals surface area contributed by atoms with Gasteiger partial charge in [0.05, 0.1) is 6.04 Å². The number of hydrogen-bond acceptors (Lipinski definition) is 4. The number of likely N-dealkylation sites (N-methyl/N-ethyl adjacent to an activating group) is 1. The van der Waals surface area contributed by atoms with Crippen molar-refractivity contribution in [2.45, 2.75) is 71.6 Å². The van der Waals surface area contributed by atoms with Crippen LogP contribution in [0.25, 0.3) is 0 Å². The Morgan fingerprint density at radius 2 is 1.86 bits per heavy atom. The summed E-state index contributed by atoms with van der Waals surface area (Å²) in [6.07, 6.45) is 1.15. The molecule has 0 spiro atoms. The molecular formula is C16H31N3O3. The monoisotopic (exact) mass is 313 g/mol. The Morgan fingerprint density at radius 1 is 1.23 bits per heavy atom. The molecule has 1 unspecified atom stereocenters. The van der Waals surface area contributed by atoms with Crippen molar-refractivity contribution < 1.29 is 14.3 Å². The van der Waals surface area contributed by atoms with E-state index in [1.54, 1.807) is 0 Å². The number of nitrogens with one attached hydrogen (secondary N) is 2. The van der Waals surface area contributed by atoms with Gasteiger partial charge in [-0.25, -0.2) is 4.79 Å². The largest absolute Gasteiger partial charge is 0.444 e. The zero-order valence-electron chi connectivity index (χ0n) is 14.8. The Labute approximate surface area is 134 Å². The molecule has 1 heterocycles. The summed E-state index contributed by atoms with van der Waals surface area (Å²) in [7, 11) is 0. The minimum atomic E-state index is -0.498. The second-order valence-electron chi connectivity index (χ2n) is 7.48. The molecule has 2 amide bonds. The van der Waals surface area contributed by atoms with Gasteiger partial charge in [-0.3, -0.25) is 9.69 Å². The van der Waals surface area contributed by atoms with Crippen molar-refractivity contribution in [2.24, 2.45) is 0 Å². The summed E-state index contributed by atoms with van der Waals surface area (Å²) in [4.78, 5) is 26.0. The maximum absolute atomic E-state index is 12.2. The molecule has 0 aliphatic carbocycles. The highest BCUT2D eigenvalue weighted by Gasteiger charge is 2.35. The second kappa shape index (κ2) is 7.31. The van der Waals surface area contributed by atoms with E-state index in [4.69, 9.17) is 4.74 Å². The molecule has 1 aliphatic heterocycles. The van der Waals surface area contributed by atoms with Crippen LogP contribution in [-0.2, 0) is 9.53 Å². The number of rotatable bonds is 6. The first kappa shape index (κ1) is 18.7. The Balaban J connectivity index is 2.31. The third-order valence-corrected chi connectivity index (χ3v) is 3.72. The minimum Gasteiger partial charge on any atom is -0.444 e. The average Bonchev–Trinajstić information content (AvgIpc) is 2.23. The van der Waals surface area contributed by atoms with E-state index in [1.165, 1.54) is 0 Å². The molecule has 1 fully saturated rings. The van der Waals surface area contributed by atoms with Gasteiger partial charge in [0.1, 0.15) is 5.60 Å². The molecule has 1 saturated heterocycles.